The molecule has 1 unspecified atom stereocenters. The molecular weight excluding hydrogens is 206 g/mol. The summed E-state index contributed by atoms with van der Waals surface area (Å²) in [6.07, 6.45) is 0.972. The van der Waals surface area contributed by atoms with Gasteiger partial charge in [0.05, 0.1) is 6.61 Å². The van der Waals surface area contributed by atoms with Gasteiger partial charge in [0.25, 0.3) is 0 Å². The maximum atomic E-state index is 9.17. The second kappa shape index (κ2) is 5.01. The van der Waals surface area contributed by atoms with Gasteiger partial charge in [0.1, 0.15) is 0 Å². The van der Waals surface area contributed by atoms with Crippen molar-refractivity contribution in [1.82, 2.24) is 5.32 Å². The van der Waals surface area contributed by atoms with Gasteiger partial charge in [-0.15, -0.1) is 11.8 Å². The van der Waals surface area contributed by atoms with E-state index in [0.717, 1.165) is 12.2 Å². The number of rotatable bonds is 4. The van der Waals surface area contributed by atoms with Crippen LogP contribution >= 0.6 is 11.8 Å². The van der Waals surface area contributed by atoms with Gasteiger partial charge in [-0.25, -0.2) is 0 Å². The number of nitrogens with one attached hydrogen (secondary N) is 1. The first-order valence-electron chi connectivity index (χ1n) is 5.43. The molecule has 1 aromatic carbocycles. The molecule has 0 amide bonds. The molecule has 0 aromatic heterocycles. The van der Waals surface area contributed by atoms with E-state index in [1.807, 2.05) is 11.8 Å². The third-order valence-electron chi connectivity index (χ3n) is 2.85. The van der Waals surface area contributed by atoms with E-state index in [1.54, 1.807) is 0 Å². The van der Waals surface area contributed by atoms with Crippen LogP contribution in [-0.4, -0.2) is 23.5 Å². The van der Waals surface area contributed by atoms with Crippen LogP contribution in [0.4, 0.5) is 0 Å². The Hall–Kier alpha value is -0.510. The fraction of sp³-hybridized carbons (Fsp3) is 0.500. The molecule has 1 aromatic rings. The van der Waals surface area contributed by atoms with E-state index in [9.17, 15) is 0 Å². The van der Waals surface area contributed by atoms with Gasteiger partial charge >= 0.3 is 0 Å². The van der Waals surface area contributed by atoms with Crippen molar-refractivity contribution < 1.29 is 5.11 Å². The monoisotopic (exact) mass is 223 g/mol. The number of aliphatic hydroxyl groups excluding tert-OH is 1. The maximum absolute atomic E-state index is 9.17. The highest BCUT2D eigenvalue weighted by atomic mass is 32.2. The van der Waals surface area contributed by atoms with Crippen molar-refractivity contribution in [3.8, 4) is 0 Å². The lowest BCUT2D eigenvalue weighted by atomic mass is 10.1. The van der Waals surface area contributed by atoms with Crippen molar-refractivity contribution in [2.75, 3.05) is 12.4 Å². The first-order valence-corrected chi connectivity index (χ1v) is 6.42. The first kappa shape index (κ1) is 11.0. The second-order valence-electron chi connectivity index (χ2n) is 3.86. The van der Waals surface area contributed by atoms with E-state index in [1.165, 1.54) is 10.5 Å². The normalized spacial score (nSPS) is 21.3. The van der Waals surface area contributed by atoms with Crippen LogP contribution in [0.2, 0.25) is 0 Å². The van der Waals surface area contributed by atoms with E-state index in [-0.39, 0.29) is 12.6 Å². The van der Waals surface area contributed by atoms with E-state index in [0.29, 0.717) is 6.04 Å². The molecular formula is C12H17NOS. The molecule has 0 radical (unpaired) electrons. The van der Waals surface area contributed by atoms with E-state index >= 15 is 0 Å². The summed E-state index contributed by atoms with van der Waals surface area (Å²) in [4.78, 5) is 1.38. The lowest BCUT2D eigenvalue weighted by Crippen LogP contribution is -2.35. The third-order valence-corrected chi connectivity index (χ3v) is 4.03. The molecule has 15 heavy (non-hydrogen) atoms. The molecule has 2 atom stereocenters. The molecule has 1 aliphatic heterocycles. The van der Waals surface area contributed by atoms with Crippen LogP contribution in [0.25, 0.3) is 0 Å². The second-order valence-corrected chi connectivity index (χ2v) is 4.92. The number of fused-ring (bicyclic) bond motifs is 1. The van der Waals surface area contributed by atoms with Gasteiger partial charge in [0.2, 0.25) is 0 Å². The van der Waals surface area contributed by atoms with Crippen molar-refractivity contribution in [3.05, 3.63) is 29.8 Å². The summed E-state index contributed by atoms with van der Waals surface area (Å²) >= 11 is 1.89. The lowest BCUT2D eigenvalue weighted by Gasteiger charge is -2.20. The van der Waals surface area contributed by atoms with E-state index in [2.05, 4.69) is 36.5 Å². The number of benzene rings is 1. The van der Waals surface area contributed by atoms with E-state index < -0.39 is 0 Å². The minimum absolute atomic E-state index is 0.222. The van der Waals surface area contributed by atoms with Crippen LogP contribution in [0.1, 0.15) is 24.9 Å². The average Bonchev–Trinajstić information content (AvgIpc) is 2.69. The largest absolute Gasteiger partial charge is 0.395 e. The van der Waals surface area contributed by atoms with Gasteiger partial charge in [0.15, 0.2) is 0 Å². The summed E-state index contributed by atoms with van der Waals surface area (Å²) in [5, 5.41) is 12.7. The quantitative estimate of drug-likeness (QED) is 0.820. The summed E-state index contributed by atoms with van der Waals surface area (Å²) in [5.74, 6) is 1.08. The maximum Gasteiger partial charge on any atom is 0.0584 e. The van der Waals surface area contributed by atoms with Gasteiger partial charge in [-0.3, -0.25) is 0 Å². The molecule has 82 valence electrons. The highest BCUT2D eigenvalue weighted by Gasteiger charge is 2.23. The molecule has 1 heterocycles. The van der Waals surface area contributed by atoms with Crippen LogP contribution in [-0.2, 0) is 0 Å². The van der Waals surface area contributed by atoms with Gasteiger partial charge < -0.3 is 10.4 Å². The average molecular weight is 223 g/mol. The molecule has 0 bridgehead atoms. The minimum atomic E-state index is 0.222. The van der Waals surface area contributed by atoms with Crippen molar-refractivity contribution in [2.24, 2.45) is 0 Å². The topological polar surface area (TPSA) is 32.3 Å². The molecule has 0 aliphatic carbocycles. The Morgan fingerprint density at radius 1 is 1.53 bits per heavy atom. The predicted molar refractivity (Wildman–Crippen MR) is 64.2 cm³/mol. The predicted octanol–water partition coefficient (Wildman–Crippen LogP) is 2.19. The number of thioether (sulfide) groups is 1. The smallest absolute Gasteiger partial charge is 0.0584 e. The Bertz CT molecular complexity index is 325. The van der Waals surface area contributed by atoms with Crippen LogP contribution in [0.15, 0.2) is 29.2 Å². The molecule has 0 fully saturated rings. The van der Waals surface area contributed by atoms with Gasteiger partial charge in [-0.1, -0.05) is 25.1 Å². The Kier molecular flexibility index (Phi) is 3.67. The Morgan fingerprint density at radius 3 is 3.07 bits per heavy atom. The van der Waals surface area contributed by atoms with E-state index in [4.69, 9.17) is 5.11 Å². The Balaban J connectivity index is 2.07. The third kappa shape index (κ3) is 2.36. The zero-order chi connectivity index (χ0) is 10.7. The van der Waals surface area contributed by atoms with Crippen LogP contribution in [0.3, 0.4) is 0 Å². The SMILES string of the molecule is CC[C@@H](CO)NC1CSc2ccccc21. The summed E-state index contributed by atoms with van der Waals surface area (Å²) in [7, 11) is 0. The number of aliphatic hydroxyl groups is 1. The van der Waals surface area contributed by atoms with Crippen molar-refractivity contribution >= 4 is 11.8 Å². The molecule has 3 heteroatoms. The molecule has 2 N–H and O–H groups in total. The lowest BCUT2D eigenvalue weighted by molar-refractivity contribution is 0.231. The fourth-order valence-electron chi connectivity index (χ4n) is 1.88. The van der Waals surface area contributed by atoms with Crippen molar-refractivity contribution in [2.45, 2.75) is 30.3 Å². The number of hydrogen-bond acceptors (Lipinski definition) is 3. The molecule has 0 saturated heterocycles. The van der Waals surface area contributed by atoms with Crippen LogP contribution in [0, 0.1) is 0 Å². The molecule has 2 nitrogen and oxygen atoms in total. The number of hydrogen-bond donors (Lipinski definition) is 2. The minimum Gasteiger partial charge on any atom is -0.395 e. The van der Waals surface area contributed by atoms with Crippen molar-refractivity contribution in [3.63, 3.8) is 0 Å². The van der Waals surface area contributed by atoms with Crippen LogP contribution < -0.4 is 5.32 Å². The summed E-state index contributed by atoms with van der Waals surface area (Å²) in [6.45, 7) is 2.32. The first-order chi connectivity index (χ1) is 7.35. The zero-order valence-corrected chi connectivity index (χ0v) is 9.76. The molecule has 0 spiro atoms. The highest BCUT2D eigenvalue weighted by molar-refractivity contribution is 7.99. The fourth-order valence-corrected chi connectivity index (χ4v) is 3.06. The van der Waals surface area contributed by atoms with Gasteiger partial charge in [0, 0.05) is 22.7 Å². The Morgan fingerprint density at radius 2 is 2.33 bits per heavy atom. The summed E-state index contributed by atoms with van der Waals surface area (Å²) < 4.78 is 0. The highest BCUT2D eigenvalue weighted by Crippen LogP contribution is 2.37. The van der Waals surface area contributed by atoms with Gasteiger partial charge in [-0.2, -0.15) is 0 Å². The zero-order valence-electron chi connectivity index (χ0n) is 8.94. The Labute approximate surface area is 95.1 Å². The summed E-state index contributed by atoms with van der Waals surface area (Å²) in [6, 6.07) is 9.14. The summed E-state index contributed by atoms with van der Waals surface area (Å²) in [5.41, 5.74) is 1.38. The molecule has 1 aliphatic rings. The van der Waals surface area contributed by atoms with Crippen LogP contribution in [0.5, 0.6) is 0 Å². The molecule has 2 rings (SSSR count). The molecule has 0 saturated carbocycles. The van der Waals surface area contributed by atoms with Gasteiger partial charge in [-0.05, 0) is 18.1 Å². The van der Waals surface area contributed by atoms with Crippen molar-refractivity contribution in [1.29, 1.82) is 0 Å². The standard InChI is InChI=1S/C12H17NOS/c1-2-9(7-14)13-11-8-15-12-6-4-3-5-10(11)12/h3-6,9,11,13-14H,2,7-8H2,1H3/t9-,11?/m0/s1.